The minimum absolute atomic E-state index is 0.123. The Bertz CT molecular complexity index is 637. The Morgan fingerprint density at radius 3 is 2.38 bits per heavy atom. The van der Waals surface area contributed by atoms with Crippen molar-refractivity contribution in [2.45, 2.75) is 24.8 Å². The second-order valence-electron chi connectivity index (χ2n) is 4.27. The molecule has 0 amide bonds. The Kier molecular flexibility index (Phi) is 7.54. The van der Waals surface area contributed by atoms with Gasteiger partial charge in [0.25, 0.3) is 0 Å². The first-order chi connectivity index (χ1) is 10.9. The first-order valence-electron chi connectivity index (χ1n) is 5.96. The number of nitrogens with zero attached hydrogens (tertiary/aromatic N) is 3. The van der Waals surface area contributed by atoms with Crippen LogP contribution in [-0.4, -0.2) is 46.8 Å². The van der Waals surface area contributed by atoms with Crippen LogP contribution in [0.5, 0.6) is 0 Å². The molecule has 1 aliphatic heterocycles. The number of hydrogen-bond acceptors (Lipinski definition) is 10. The molecule has 18 heteroatoms. The van der Waals surface area contributed by atoms with Crippen LogP contribution in [0.4, 0.5) is 0 Å². The van der Waals surface area contributed by atoms with E-state index < -0.39 is 48.4 Å². The van der Waals surface area contributed by atoms with Crippen LogP contribution < -0.4 is 5.73 Å². The molecular formula is C6H15N4O11P3. The Morgan fingerprint density at radius 2 is 1.83 bits per heavy atom. The summed E-state index contributed by atoms with van der Waals surface area (Å²) in [6.45, 7) is -0.688. The third-order valence-corrected chi connectivity index (χ3v) is 6.74. The van der Waals surface area contributed by atoms with Crippen molar-refractivity contribution in [2.75, 3.05) is 13.7 Å². The maximum atomic E-state index is 11.6. The summed E-state index contributed by atoms with van der Waals surface area (Å²) in [5.74, 6) is 0. The minimum Gasteiger partial charge on any atom is -0.358 e. The van der Waals surface area contributed by atoms with Crippen LogP contribution in [0.3, 0.4) is 0 Å². The molecular weight excluding hydrogens is 397 g/mol. The van der Waals surface area contributed by atoms with Crippen molar-refractivity contribution in [2.24, 2.45) is 10.8 Å². The predicted octanol–water partition coefficient (Wildman–Crippen LogP) is 0.736. The second-order valence-corrected chi connectivity index (χ2v) is 9.01. The number of phosphoric acid groups is 3. The number of rotatable bonds is 9. The van der Waals surface area contributed by atoms with Crippen LogP contribution in [-0.2, 0) is 36.1 Å². The van der Waals surface area contributed by atoms with E-state index in [2.05, 4.69) is 27.7 Å². The van der Waals surface area contributed by atoms with Crippen molar-refractivity contribution in [3.63, 3.8) is 0 Å². The summed E-state index contributed by atoms with van der Waals surface area (Å²) in [7, 11) is -15.0. The number of phosphoric ester groups is 2. The van der Waals surface area contributed by atoms with Crippen LogP contribution in [0, 0.1) is 0 Å². The zero-order valence-electron chi connectivity index (χ0n) is 12.0. The third-order valence-electron chi connectivity index (χ3n) is 2.50. The van der Waals surface area contributed by atoms with E-state index in [0.717, 1.165) is 0 Å². The molecule has 0 aromatic carbocycles. The van der Waals surface area contributed by atoms with Gasteiger partial charge in [0.1, 0.15) is 6.23 Å². The molecule has 0 aliphatic carbocycles. The smallest absolute Gasteiger partial charge is 0.358 e. The van der Waals surface area contributed by atoms with Crippen LogP contribution in [0.2, 0.25) is 0 Å². The van der Waals surface area contributed by atoms with Crippen molar-refractivity contribution in [3.05, 3.63) is 10.4 Å². The summed E-state index contributed by atoms with van der Waals surface area (Å²) >= 11 is 0. The molecule has 1 saturated heterocycles. The first kappa shape index (κ1) is 21.7. The molecule has 1 aliphatic rings. The SMILES string of the molecule is COP(=O)(O)OP(=O)(O)OP(=O)(O)OC[C@H]1O[C@@H](N)CC1N=[N+]=[N-]. The Morgan fingerprint density at radius 1 is 1.25 bits per heavy atom. The first-order valence-corrected chi connectivity index (χ1v) is 10.4. The van der Waals surface area contributed by atoms with E-state index >= 15 is 0 Å². The van der Waals surface area contributed by atoms with E-state index in [1.54, 1.807) is 0 Å². The maximum absolute atomic E-state index is 11.6. The van der Waals surface area contributed by atoms with Crippen molar-refractivity contribution >= 4 is 23.5 Å². The average Bonchev–Trinajstić information content (AvgIpc) is 2.75. The van der Waals surface area contributed by atoms with E-state index in [1.165, 1.54) is 0 Å². The lowest BCUT2D eigenvalue weighted by atomic mass is 10.1. The molecule has 1 heterocycles. The quantitative estimate of drug-likeness (QED) is 0.178. The normalized spacial score (nSPS) is 31.5. The molecule has 0 aromatic rings. The van der Waals surface area contributed by atoms with Gasteiger partial charge in [-0.2, -0.15) is 8.62 Å². The van der Waals surface area contributed by atoms with Gasteiger partial charge in [-0.25, -0.2) is 13.7 Å². The Hall–Kier alpha value is -0.360. The molecule has 0 spiro atoms. The summed E-state index contributed by atoms with van der Waals surface area (Å²) in [5.41, 5.74) is 13.9. The molecule has 0 saturated carbocycles. The highest BCUT2D eigenvalue weighted by molar-refractivity contribution is 7.66. The summed E-state index contributed by atoms with van der Waals surface area (Å²) in [6.07, 6.45) is -1.69. The van der Waals surface area contributed by atoms with E-state index in [4.69, 9.17) is 25.8 Å². The van der Waals surface area contributed by atoms with Gasteiger partial charge in [-0.1, -0.05) is 5.11 Å². The number of azide groups is 1. The zero-order chi connectivity index (χ0) is 18.6. The van der Waals surface area contributed by atoms with Gasteiger partial charge < -0.3 is 25.2 Å². The predicted molar refractivity (Wildman–Crippen MR) is 75.0 cm³/mol. The topological polar surface area (TPSA) is 233 Å². The van der Waals surface area contributed by atoms with Gasteiger partial charge in [-0.05, 0) is 12.0 Å². The molecule has 0 radical (unpaired) electrons. The summed E-state index contributed by atoms with van der Waals surface area (Å²) in [6, 6.07) is -0.798. The largest absolute Gasteiger partial charge is 0.490 e. The maximum Gasteiger partial charge on any atom is 0.490 e. The molecule has 5 N–H and O–H groups in total. The molecule has 1 rings (SSSR count). The minimum atomic E-state index is -5.48. The fraction of sp³-hybridized carbons (Fsp3) is 1.00. The molecule has 0 aromatic heterocycles. The average molecular weight is 412 g/mol. The van der Waals surface area contributed by atoms with Crippen molar-refractivity contribution in [1.82, 2.24) is 0 Å². The molecule has 0 bridgehead atoms. The third kappa shape index (κ3) is 7.26. The molecule has 6 atom stereocenters. The molecule has 24 heavy (non-hydrogen) atoms. The van der Waals surface area contributed by atoms with Crippen LogP contribution in [0.25, 0.3) is 10.4 Å². The Labute approximate surface area is 135 Å². The molecule has 15 nitrogen and oxygen atoms in total. The van der Waals surface area contributed by atoms with Crippen molar-refractivity contribution in [1.29, 1.82) is 0 Å². The summed E-state index contributed by atoms with van der Waals surface area (Å²) < 4.78 is 54.9. The van der Waals surface area contributed by atoms with Gasteiger partial charge >= 0.3 is 23.5 Å². The van der Waals surface area contributed by atoms with Crippen molar-refractivity contribution < 1.29 is 50.8 Å². The van der Waals surface area contributed by atoms with E-state index in [9.17, 15) is 18.6 Å². The second kappa shape index (κ2) is 8.35. The highest BCUT2D eigenvalue weighted by Gasteiger charge is 2.43. The van der Waals surface area contributed by atoms with Gasteiger partial charge in [0, 0.05) is 12.0 Å². The fourth-order valence-corrected chi connectivity index (χ4v) is 4.86. The van der Waals surface area contributed by atoms with Crippen LogP contribution in [0.15, 0.2) is 5.11 Å². The van der Waals surface area contributed by atoms with E-state index in [1.807, 2.05) is 0 Å². The van der Waals surface area contributed by atoms with Crippen LogP contribution in [0.1, 0.15) is 6.42 Å². The van der Waals surface area contributed by atoms with Crippen molar-refractivity contribution in [3.8, 4) is 0 Å². The highest BCUT2D eigenvalue weighted by Crippen LogP contribution is 2.67. The fourth-order valence-electron chi connectivity index (χ4n) is 1.60. The van der Waals surface area contributed by atoms with E-state index in [0.29, 0.717) is 7.11 Å². The number of ether oxygens (including phenoxy) is 1. The molecule has 4 unspecified atom stereocenters. The van der Waals surface area contributed by atoms with Gasteiger partial charge in [-0.15, -0.1) is 0 Å². The lowest BCUT2D eigenvalue weighted by Crippen LogP contribution is -2.25. The van der Waals surface area contributed by atoms with Crippen LogP contribution >= 0.6 is 23.5 Å². The molecule has 140 valence electrons. The lowest BCUT2D eigenvalue weighted by Gasteiger charge is -2.19. The van der Waals surface area contributed by atoms with E-state index in [-0.39, 0.29) is 6.42 Å². The summed E-state index contributed by atoms with van der Waals surface area (Å²) in [5, 5.41) is 3.36. The van der Waals surface area contributed by atoms with Gasteiger partial charge in [0.15, 0.2) is 0 Å². The standard InChI is InChI=1S/C6H15N4O11P3/c1-17-22(11,12)20-24(15,16)21-23(13,14)18-3-5-4(9-10-8)2-6(7)19-5/h4-6H,2-3,7H2,1H3,(H,11,12)(H,13,14)(H,15,16)/t4?,5-,6-/m1/s1. The molecule has 1 fully saturated rings. The zero-order valence-corrected chi connectivity index (χ0v) is 14.7. The lowest BCUT2D eigenvalue weighted by molar-refractivity contribution is 0.00988. The highest BCUT2D eigenvalue weighted by atomic mass is 31.3. The number of nitrogens with two attached hydrogens (primary N) is 1. The summed E-state index contributed by atoms with van der Waals surface area (Å²) in [4.78, 5) is 30.0. The van der Waals surface area contributed by atoms with Gasteiger partial charge in [0.05, 0.1) is 18.8 Å². The van der Waals surface area contributed by atoms with Gasteiger partial charge in [0.2, 0.25) is 0 Å². The Balaban J connectivity index is 2.66. The van der Waals surface area contributed by atoms with Gasteiger partial charge in [-0.3, -0.25) is 9.05 Å². The number of hydrogen-bond donors (Lipinski definition) is 4. The monoisotopic (exact) mass is 412 g/mol.